The van der Waals surface area contributed by atoms with Crippen molar-refractivity contribution >= 4 is 0 Å². The highest BCUT2D eigenvalue weighted by Gasteiger charge is 1.83. The van der Waals surface area contributed by atoms with Crippen LogP contribution in [0.25, 0.3) is 0 Å². The quantitative estimate of drug-likeness (QED) is 0.409. The van der Waals surface area contributed by atoms with Crippen molar-refractivity contribution in [1.82, 2.24) is 0 Å². The number of rotatable bonds is 6. The molecule has 0 aliphatic rings. The lowest BCUT2D eigenvalue weighted by Gasteiger charge is -1.98. The lowest BCUT2D eigenvalue weighted by Crippen LogP contribution is -1.94. The van der Waals surface area contributed by atoms with Gasteiger partial charge in [-0.3, -0.25) is 0 Å². The van der Waals surface area contributed by atoms with Gasteiger partial charge in [-0.2, -0.15) is 0 Å². The largest absolute Gasteiger partial charge is 0.381 e. The molecule has 1 heteroatoms. The van der Waals surface area contributed by atoms with Crippen molar-refractivity contribution in [2.45, 2.75) is 33.1 Å². The maximum atomic E-state index is 5.32. The van der Waals surface area contributed by atoms with E-state index >= 15 is 0 Å². The van der Waals surface area contributed by atoms with Gasteiger partial charge >= 0.3 is 0 Å². The number of hydrogen-bond donors (Lipinski definition) is 0. The van der Waals surface area contributed by atoms with Crippen LogP contribution in [0.3, 0.4) is 0 Å². The Hall–Kier alpha value is -0.300. The van der Waals surface area contributed by atoms with Gasteiger partial charge in [0.1, 0.15) is 0 Å². The van der Waals surface area contributed by atoms with Gasteiger partial charge in [-0.25, -0.2) is 0 Å². The summed E-state index contributed by atoms with van der Waals surface area (Å²) in [4.78, 5) is 0. The normalized spacial score (nSPS) is 11.0. The van der Waals surface area contributed by atoms with Crippen LogP contribution in [-0.4, -0.2) is 13.2 Å². The van der Waals surface area contributed by atoms with Crippen molar-refractivity contribution in [2.75, 3.05) is 13.2 Å². The monoisotopic (exact) mass is 142 g/mol. The Morgan fingerprint density at radius 3 is 2.70 bits per heavy atom. The van der Waals surface area contributed by atoms with Gasteiger partial charge in [0.15, 0.2) is 0 Å². The Balaban J connectivity index is 2.77. The van der Waals surface area contributed by atoms with Crippen LogP contribution in [0.1, 0.15) is 33.1 Å². The molecule has 0 aliphatic carbocycles. The van der Waals surface area contributed by atoms with E-state index in [2.05, 4.69) is 19.1 Å². The fourth-order valence-electron chi connectivity index (χ4n) is 0.667. The first kappa shape index (κ1) is 9.70. The number of ether oxygens (including phenoxy) is 1. The van der Waals surface area contributed by atoms with Crippen molar-refractivity contribution in [3.63, 3.8) is 0 Å². The molecule has 0 aromatic carbocycles. The van der Waals surface area contributed by atoms with Crippen LogP contribution in [-0.2, 0) is 4.74 Å². The van der Waals surface area contributed by atoms with Gasteiger partial charge < -0.3 is 4.74 Å². The Kier molecular flexibility index (Phi) is 8.44. The summed E-state index contributed by atoms with van der Waals surface area (Å²) < 4.78 is 5.32. The first-order valence-electron chi connectivity index (χ1n) is 4.10. The van der Waals surface area contributed by atoms with Crippen LogP contribution in [0.4, 0.5) is 0 Å². The average Bonchev–Trinajstić information content (AvgIpc) is 1.97. The van der Waals surface area contributed by atoms with Crippen molar-refractivity contribution in [3.8, 4) is 0 Å². The predicted molar refractivity (Wildman–Crippen MR) is 45.2 cm³/mol. The molecule has 0 saturated heterocycles. The lowest BCUT2D eigenvalue weighted by molar-refractivity contribution is 0.136. The molecule has 1 nitrogen and oxygen atoms in total. The molecule has 0 amide bonds. The SMILES string of the molecule is CC=CCCOCCCC. The first-order valence-corrected chi connectivity index (χ1v) is 4.10. The third-order valence-corrected chi connectivity index (χ3v) is 1.31. The molecule has 0 saturated carbocycles. The topological polar surface area (TPSA) is 9.23 Å². The molecule has 0 aromatic heterocycles. The minimum atomic E-state index is 0.879. The molecule has 10 heavy (non-hydrogen) atoms. The summed E-state index contributed by atoms with van der Waals surface area (Å²) in [7, 11) is 0. The summed E-state index contributed by atoms with van der Waals surface area (Å²) in [6.07, 6.45) is 7.66. The molecule has 0 rings (SSSR count). The third kappa shape index (κ3) is 7.70. The van der Waals surface area contributed by atoms with E-state index in [1.54, 1.807) is 0 Å². The number of hydrogen-bond acceptors (Lipinski definition) is 1. The zero-order valence-corrected chi connectivity index (χ0v) is 7.10. The van der Waals surface area contributed by atoms with Crippen LogP contribution < -0.4 is 0 Å². The molecule has 0 radical (unpaired) electrons. The lowest BCUT2D eigenvalue weighted by atomic mass is 10.3. The fourth-order valence-corrected chi connectivity index (χ4v) is 0.667. The van der Waals surface area contributed by atoms with Crippen LogP contribution in [0.5, 0.6) is 0 Å². The van der Waals surface area contributed by atoms with Crippen molar-refractivity contribution in [3.05, 3.63) is 12.2 Å². The summed E-state index contributed by atoms with van der Waals surface area (Å²) in [5.74, 6) is 0. The van der Waals surface area contributed by atoms with Gasteiger partial charge in [0.2, 0.25) is 0 Å². The minimum absolute atomic E-state index is 0.879. The van der Waals surface area contributed by atoms with Gasteiger partial charge in [-0.1, -0.05) is 25.5 Å². The molecule has 0 bridgehead atoms. The zero-order valence-electron chi connectivity index (χ0n) is 7.10. The summed E-state index contributed by atoms with van der Waals surface area (Å²) in [6.45, 7) is 6.01. The fraction of sp³-hybridized carbons (Fsp3) is 0.778. The van der Waals surface area contributed by atoms with E-state index in [9.17, 15) is 0 Å². The number of allylic oxidation sites excluding steroid dienone is 1. The van der Waals surface area contributed by atoms with Gasteiger partial charge in [-0.15, -0.1) is 0 Å². The molecule has 0 spiro atoms. The second-order valence-electron chi connectivity index (χ2n) is 2.32. The van der Waals surface area contributed by atoms with Crippen LogP contribution in [0, 0.1) is 0 Å². The van der Waals surface area contributed by atoms with Crippen molar-refractivity contribution < 1.29 is 4.74 Å². The van der Waals surface area contributed by atoms with Crippen LogP contribution in [0.15, 0.2) is 12.2 Å². The van der Waals surface area contributed by atoms with E-state index in [0.29, 0.717) is 0 Å². The summed E-state index contributed by atoms with van der Waals surface area (Å²) in [6, 6.07) is 0. The van der Waals surface area contributed by atoms with E-state index in [4.69, 9.17) is 4.74 Å². The summed E-state index contributed by atoms with van der Waals surface area (Å²) in [5.41, 5.74) is 0. The smallest absolute Gasteiger partial charge is 0.0500 e. The van der Waals surface area contributed by atoms with Crippen LogP contribution in [0.2, 0.25) is 0 Å². The Morgan fingerprint density at radius 1 is 1.30 bits per heavy atom. The molecule has 0 fully saturated rings. The summed E-state index contributed by atoms with van der Waals surface area (Å²) in [5, 5.41) is 0. The molecular formula is C9H18O. The van der Waals surface area contributed by atoms with E-state index in [-0.39, 0.29) is 0 Å². The molecule has 0 aromatic rings. The van der Waals surface area contributed by atoms with Crippen molar-refractivity contribution in [1.29, 1.82) is 0 Å². The van der Waals surface area contributed by atoms with E-state index < -0.39 is 0 Å². The van der Waals surface area contributed by atoms with Crippen molar-refractivity contribution in [2.24, 2.45) is 0 Å². The van der Waals surface area contributed by atoms with E-state index in [0.717, 1.165) is 19.6 Å². The summed E-state index contributed by atoms with van der Waals surface area (Å²) >= 11 is 0. The predicted octanol–water partition coefficient (Wildman–Crippen LogP) is 2.77. The molecule has 0 heterocycles. The Bertz CT molecular complexity index is 76.8. The van der Waals surface area contributed by atoms with Gasteiger partial charge in [0, 0.05) is 6.61 Å². The second kappa shape index (κ2) is 8.70. The third-order valence-electron chi connectivity index (χ3n) is 1.31. The molecule has 0 aliphatic heterocycles. The second-order valence-corrected chi connectivity index (χ2v) is 2.32. The minimum Gasteiger partial charge on any atom is -0.381 e. The highest BCUT2D eigenvalue weighted by Crippen LogP contribution is 1.90. The van der Waals surface area contributed by atoms with Gasteiger partial charge in [0.25, 0.3) is 0 Å². The van der Waals surface area contributed by atoms with Crippen LogP contribution >= 0.6 is 0 Å². The maximum Gasteiger partial charge on any atom is 0.0500 e. The maximum absolute atomic E-state index is 5.32. The molecule has 60 valence electrons. The highest BCUT2D eigenvalue weighted by atomic mass is 16.5. The Morgan fingerprint density at radius 2 is 2.10 bits per heavy atom. The molecule has 0 N–H and O–H groups in total. The van der Waals surface area contributed by atoms with E-state index in [1.807, 2.05) is 6.92 Å². The first-order chi connectivity index (χ1) is 4.91. The Labute approximate surface area is 64.1 Å². The average molecular weight is 142 g/mol. The molecule has 0 unspecified atom stereocenters. The molecule has 0 atom stereocenters. The molecular weight excluding hydrogens is 124 g/mol. The standard InChI is InChI=1S/C9H18O/c1-3-5-7-9-10-8-6-4-2/h3,5H,4,6-9H2,1-2H3. The number of unbranched alkanes of at least 4 members (excludes halogenated alkanes) is 1. The van der Waals surface area contributed by atoms with Gasteiger partial charge in [0.05, 0.1) is 6.61 Å². The van der Waals surface area contributed by atoms with E-state index in [1.165, 1.54) is 12.8 Å². The zero-order chi connectivity index (χ0) is 7.66. The highest BCUT2D eigenvalue weighted by molar-refractivity contribution is 4.75. The van der Waals surface area contributed by atoms with Gasteiger partial charge in [-0.05, 0) is 19.8 Å².